The summed E-state index contributed by atoms with van der Waals surface area (Å²) in [5.74, 6) is -1.92. The Balaban J connectivity index is 1.76. The van der Waals surface area contributed by atoms with Crippen molar-refractivity contribution in [2.45, 2.75) is 0 Å². The van der Waals surface area contributed by atoms with Crippen molar-refractivity contribution in [1.29, 1.82) is 0 Å². The lowest BCUT2D eigenvalue weighted by Gasteiger charge is -2.06. The highest BCUT2D eigenvalue weighted by Crippen LogP contribution is 2.30. The summed E-state index contributed by atoms with van der Waals surface area (Å²) in [6.45, 7) is 0. The number of ether oxygens (including phenoxy) is 1. The van der Waals surface area contributed by atoms with Gasteiger partial charge in [-0.1, -0.05) is 29.8 Å². The van der Waals surface area contributed by atoms with Gasteiger partial charge in [0.1, 0.15) is 0 Å². The Morgan fingerprint density at radius 1 is 0.943 bits per heavy atom. The maximum absolute atomic E-state index is 12.3. The standard InChI is InChI=1S/C23H15ClN4O7/c24-18-9-4-15(5-10-18)6-13-21(29)35-22-17(2-1-3-20(22)28(33)34)14-25-26-23(30)16-7-11-19(12-8-16)27(31)32/h1-14H,(H,26,30)/b13-6+,25-14+. The number of hydrazone groups is 1. The lowest BCUT2D eigenvalue weighted by Crippen LogP contribution is -2.17. The van der Waals surface area contributed by atoms with Gasteiger partial charge in [0.25, 0.3) is 11.6 Å². The zero-order valence-corrected chi connectivity index (χ0v) is 18.4. The number of esters is 1. The molecule has 1 amide bonds. The fraction of sp³-hybridized carbons (Fsp3) is 0. The molecule has 0 aliphatic heterocycles. The summed E-state index contributed by atoms with van der Waals surface area (Å²) in [6, 6.07) is 15.3. The van der Waals surface area contributed by atoms with Crippen LogP contribution in [0.5, 0.6) is 5.75 Å². The highest BCUT2D eigenvalue weighted by molar-refractivity contribution is 6.30. The van der Waals surface area contributed by atoms with Gasteiger partial charge in [0, 0.05) is 40.4 Å². The molecule has 0 atom stereocenters. The molecule has 0 saturated heterocycles. The number of para-hydroxylation sites is 1. The summed E-state index contributed by atoms with van der Waals surface area (Å²) in [5.41, 5.74) is 2.35. The lowest BCUT2D eigenvalue weighted by atomic mass is 10.2. The first-order valence-electron chi connectivity index (χ1n) is 9.75. The van der Waals surface area contributed by atoms with Crippen molar-refractivity contribution in [3.05, 3.63) is 115 Å². The second-order valence-electron chi connectivity index (χ2n) is 6.76. The molecule has 0 radical (unpaired) electrons. The van der Waals surface area contributed by atoms with Crippen molar-refractivity contribution in [2.24, 2.45) is 5.10 Å². The first kappa shape index (κ1) is 24.7. The summed E-state index contributed by atoms with van der Waals surface area (Å²) < 4.78 is 5.20. The average Bonchev–Trinajstić information content (AvgIpc) is 2.84. The number of rotatable bonds is 8. The number of carbonyl (C=O) groups is 2. The molecule has 11 nitrogen and oxygen atoms in total. The van der Waals surface area contributed by atoms with Crippen molar-refractivity contribution in [1.82, 2.24) is 5.43 Å². The third-order valence-electron chi connectivity index (χ3n) is 4.42. The molecule has 35 heavy (non-hydrogen) atoms. The van der Waals surface area contributed by atoms with Gasteiger partial charge in [-0.15, -0.1) is 0 Å². The van der Waals surface area contributed by atoms with E-state index in [1.807, 2.05) is 0 Å². The molecule has 0 heterocycles. The van der Waals surface area contributed by atoms with Gasteiger partial charge >= 0.3 is 11.7 Å². The molecule has 3 aromatic carbocycles. The highest BCUT2D eigenvalue weighted by atomic mass is 35.5. The highest BCUT2D eigenvalue weighted by Gasteiger charge is 2.20. The van der Waals surface area contributed by atoms with Crippen molar-refractivity contribution in [2.75, 3.05) is 0 Å². The number of nitro benzene ring substituents is 2. The van der Waals surface area contributed by atoms with E-state index in [0.29, 0.717) is 10.6 Å². The van der Waals surface area contributed by atoms with Gasteiger partial charge < -0.3 is 4.74 Å². The summed E-state index contributed by atoms with van der Waals surface area (Å²) in [4.78, 5) is 45.3. The van der Waals surface area contributed by atoms with Crippen molar-refractivity contribution in [3.8, 4) is 5.75 Å². The number of hydrogen-bond acceptors (Lipinski definition) is 8. The molecule has 12 heteroatoms. The molecular weight excluding hydrogens is 480 g/mol. The van der Waals surface area contributed by atoms with E-state index in [1.165, 1.54) is 30.3 Å². The van der Waals surface area contributed by atoms with Crippen LogP contribution >= 0.6 is 11.6 Å². The van der Waals surface area contributed by atoms with Crippen LogP contribution in [0.1, 0.15) is 21.5 Å². The van der Waals surface area contributed by atoms with Crippen LogP contribution in [-0.4, -0.2) is 27.9 Å². The van der Waals surface area contributed by atoms with Crippen LogP contribution in [0.15, 0.2) is 77.9 Å². The van der Waals surface area contributed by atoms with Crippen LogP contribution in [0, 0.1) is 20.2 Å². The Labute approximate surface area is 202 Å². The zero-order valence-electron chi connectivity index (χ0n) is 17.7. The minimum absolute atomic E-state index is 0.0523. The molecule has 0 aliphatic rings. The molecule has 3 rings (SSSR count). The van der Waals surface area contributed by atoms with E-state index < -0.39 is 27.4 Å². The molecule has 0 bridgehead atoms. The van der Waals surface area contributed by atoms with Crippen LogP contribution in [0.4, 0.5) is 11.4 Å². The van der Waals surface area contributed by atoms with Crippen molar-refractivity contribution < 1.29 is 24.2 Å². The van der Waals surface area contributed by atoms with Gasteiger partial charge in [0.2, 0.25) is 5.75 Å². The predicted molar refractivity (Wildman–Crippen MR) is 127 cm³/mol. The molecule has 176 valence electrons. The minimum atomic E-state index is -0.876. The first-order chi connectivity index (χ1) is 16.7. The van der Waals surface area contributed by atoms with Crippen molar-refractivity contribution in [3.63, 3.8) is 0 Å². The first-order valence-corrected chi connectivity index (χ1v) is 10.1. The van der Waals surface area contributed by atoms with E-state index >= 15 is 0 Å². The van der Waals surface area contributed by atoms with Crippen LogP contribution in [0.25, 0.3) is 6.08 Å². The molecule has 0 aliphatic carbocycles. The van der Waals surface area contributed by atoms with Crippen LogP contribution in [0.2, 0.25) is 5.02 Å². The smallest absolute Gasteiger partial charge is 0.336 e. The number of nitrogens with one attached hydrogen (secondary N) is 1. The molecule has 1 N–H and O–H groups in total. The SMILES string of the molecule is O=C(/C=C/c1ccc(Cl)cc1)Oc1c(/C=N/NC(=O)c2ccc([N+](=O)[O-])cc2)cccc1[N+](=O)[O-]. The van der Waals surface area contributed by atoms with Gasteiger partial charge in [-0.25, -0.2) is 10.2 Å². The van der Waals surface area contributed by atoms with Gasteiger partial charge in [0.05, 0.1) is 16.1 Å². The van der Waals surface area contributed by atoms with E-state index in [0.717, 1.165) is 30.5 Å². The number of benzene rings is 3. The summed E-state index contributed by atoms with van der Waals surface area (Å²) >= 11 is 5.82. The molecule has 3 aromatic rings. The quantitative estimate of drug-likeness (QED) is 0.120. The Bertz CT molecular complexity index is 1340. The lowest BCUT2D eigenvalue weighted by molar-refractivity contribution is -0.385. The molecule has 0 unspecified atom stereocenters. The van der Waals surface area contributed by atoms with Crippen LogP contribution in [-0.2, 0) is 4.79 Å². The summed E-state index contributed by atoms with van der Waals surface area (Å²) in [5, 5.41) is 26.4. The largest absolute Gasteiger partial charge is 0.415 e. The Morgan fingerprint density at radius 2 is 1.63 bits per heavy atom. The number of halogens is 1. The molecule has 0 saturated carbocycles. The van der Waals surface area contributed by atoms with Crippen LogP contribution < -0.4 is 10.2 Å². The Morgan fingerprint density at radius 3 is 2.26 bits per heavy atom. The normalized spacial score (nSPS) is 10.9. The topological polar surface area (TPSA) is 154 Å². The summed E-state index contributed by atoms with van der Waals surface area (Å²) in [7, 11) is 0. The number of nitro groups is 2. The van der Waals surface area contributed by atoms with E-state index in [4.69, 9.17) is 16.3 Å². The fourth-order valence-corrected chi connectivity index (χ4v) is 2.86. The van der Waals surface area contributed by atoms with Gasteiger partial charge in [0.15, 0.2) is 0 Å². The van der Waals surface area contributed by atoms with E-state index in [2.05, 4.69) is 10.5 Å². The van der Waals surface area contributed by atoms with Crippen molar-refractivity contribution >= 4 is 47.1 Å². The predicted octanol–water partition coefficient (Wildman–Crippen LogP) is 4.54. The zero-order chi connectivity index (χ0) is 25.4. The minimum Gasteiger partial charge on any atom is -0.415 e. The Kier molecular flexibility index (Phi) is 7.98. The number of non-ortho nitro benzene ring substituents is 1. The average molecular weight is 495 g/mol. The van der Waals surface area contributed by atoms with E-state index in [-0.39, 0.29) is 22.6 Å². The second kappa shape index (κ2) is 11.3. The maximum atomic E-state index is 12.3. The van der Waals surface area contributed by atoms with E-state index in [9.17, 15) is 29.8 Å². The monoisotopic (exact) mass is 494 g/mol. The Hall–Kier alpha value is -4.90. The second-order valence-corrected chi connectivity index (χ2v) is 7.20. The number of nitrogens with zero attached hydrogens (tertiary/aromatic N) is 3. The van der Waals surface area contributed by atoms with Gasteiger partial charge in [-0.3, -0.25) is 25.0 Å². The number of amides is 1. The van der Waals surface area contributed by atoms with Gasteiger partial charge in [-0.05, 0) is 42.0 Å². The molecule has 0 aromatic heterocycles. The third kappa shape index (κ3) is 6.79. The fourth-order valence-electron chi connectivity index (χ4n) is 2.73. The number of carbonyl (C=O) groups excluding carboxylic acids is 2. The molecule has 0 spiro atoms. The third-order valence-corrected chi connectivity index (χ3v) is 4.67. The molecular formula is C23H15ClN4O7. The van der Waals surface area contributed by atoms with Crippen LogP contribution in [0.3, 0.4) is 0 Å². The summed E-state index contributed by atoms with van der Waals surface area (Å²) in [6.07, 6.45) is 3.62. The number of hydrogen-bond donors (Lipinski definition) is 1. The van der Waals surface area contributed by atoms with E-state index in [1.54, 1.807) is 24.3 Å². The van der Waals surface area contributed by atoms with Gasteiger partial charge in [-0.2, -0.15) is 5.10 Å². The maximum Gasteiger partial charge on any atom is 0.336 e. The molecule has 0 fully saturated rings.